The first-order chi connectivity index (χ1) is 4.97. The maximum atomic E-state index is 10.5. The maximum Gasteiger partial charge on any atom is 0.238 e. The lowest BCUT2D eigenvalue weighted by Crippen LogP contribution is -1.94. The zero-order chi connectivity index (χ0) is 8.48. The van der Waals surface area contributed by atoms with Crippen LogP contribution in [0.5, 0.6) is 0 Å². The van der Waals surface area contributed by atoms with Gasteiger partial charge in [-0.2, -0.15) is 0 Å². The second-order valence-electron chi connectivity index (χ2n) is 2.04. The third-order valence-corrected chi connectivity index (χ3v) is 2.78. The number of thiazole rings is 1. The molecular weight excluding hydrogens is 206 g/mol. The van der Waals surface area contributed by atoms with Gasteiger partial charge >= 0.3 is 0 Å². The molecule has 0 N–H and O–H groups in total. The first-order valence-corrected chi connectivity index (χ1v) is 6.16. The predicted molar refractivity (Wildman–Crippen MR) is 45.3 cm³/mol. The minimum Gasteiger partial charge on any atom is -0.245 e. The molecule has 0 saturated heterocycles. The normalized spacial score (nSPS) is 11.8. The number of nitrogens with zero attached hydrogens (tertiary/aromatic N) is 1. The summed E-state index contributed by atoms with van der Waals surface area (Å²) in [7, 11) is 1.57. The fourth-order valence-electron chi connectivity index (χ4n) is 0.651. The number of halogens is 1. The summed E-state index contributed by atoms with van der Waals surface area (Å²) in [6.07, 6.45) is 0. The van der Waals surface area contributed by atoms with E-state index in [2.05, 4.69) is 4.98 Å². The van der Waals surface area contributed by atoms with Gasteiger partial charge < -0.3 is 0 Å². The van der Waals surface area contributed by atoms with Gasteiger partial charge in [0.25, 0.3) is 0 Å². The average molecular weight is 212 g/mol. The van der Waals surface area contributed by atoms with Gasteiger partial charge in [0.1, 0.15) is 5.75 Å². The van der Waals surface area contributed by atoms with Crippen LogP contribution in [0.15, 0.2) is 5.38 Å². The zero-order valence-electron chi connectivity index (χ0n) is 5.74. The van der Waals surface area contributed by atoms with Crippen LogP contribution in [0.25, 0.3) is 0 Å². The van der Waals surface area contributed by atoms with E-state index in [9.17, 15) is 8.42 Å². The van der Waals surface area contributed by atoms with Crippen molar-refractivity contribution in [2.24, 2.45) is 0 Å². The van der Waals surface area contributed by atoms with Crippen LogP contribution in [-0.2, 0) is 14.8 Å². The molecule has 0 amide bonds. The van der Waals surface area contributed by atoms with Crippen LogP contribution in [-0.4, -0.2) is 13.4 Å². The molecule has 0 spiro atoms. The lowest BCUT2D eigenvalue weighted by Gasteiger charge is -1.88. The monoisotopic (exact) mass is 211 g/mol. The molecule has 0 aromatic carbocycles. The molecule has 6 heteroatoms. The molecule has 11 heavy (non-hydrogen) atoms. The van der Waals surface area contributed by atoms with Crippen molar-refractivity contribution in [1.29, 1.82) is 0 Å². The fourth-order valence-corrected chi connectivity index (χ4v) is 2.21. The van der Waals surface area contributed by atoms with Crippen molar-refractivity contribution in [2.75, 3.05) is 0 Å². The minimum atomic E-state index is -3.45. The summed E-state index contributed by atoms with van der Waals surface area (Å²) in [6.45, 7) is 1.81. The summed E-state index contributed by atoms with van der Waals surface area (Å²) >= 11 is 1.41. The van der Waals surface area contributed by atoms with E-state index < -0.39 is 9.05 Å². The summed E-state index contributed by atoms with van der Waals surface area (Å²) in [5.41, 5.74) is 0.516. The van der Waals surface area contributed by atoms with E-state index in [1.165, 1.54) is 11.3 Å². The molecule has 3 nitrogen and oxygen atoms in total. The summed E-state index contributed by atoms with van der Waals surface area (Å²) in [5, 5.41) is 2.54. The molecule has 0 bridgehead atoms. The van der Waals surface area contributed by atoms with Gasteiger partial charge in [-0.05, 0) is 6.92 Å². The van der Waals surface area contributed by atoms with Crippen LogP contribution in [0, 0.1) is 6.92 Å². The van der Waals surface area contributed by atoms with Crippen LogP contribution in [0.4, 0.5) is 0 Å². The van der Waals surface area contributed by atoms with E-state index in [1.807, 2.05) is 6.92 Å². The molecule has 0 unspecified atom stereocenters. The van der Waals surface area contributed by atoms with Crippen molar-refractivity contribution in [1.82, 2.24) is 4.98 Å². The van der Waals surface area contributed by atoms with E-state index in [-0.39, 0.29) is 5.75 Å². The Labute approximate surface area is 73.5 Å². The molecule has 1 aromatic heterocycles. The Morgan fingerprint density at radius 3 is 2.73 bits per heavy atom. The van der Waals surface area contributed by atoms with Crippen LogP contribution in [0.3, 0.4) is 0 Å². The van der Waals surface area contributed by atoms with Gasteiger partial charge in [-0.15, -0.1) is 11.3 Å². The van der Waals surface area contributed by atoms with Crippen molar-refractivity contribution < 1.29 is 8.42 Å². The topological polar surface area (TPSA) is 47.0 Å². The second kappa shape index (κ2) is 3.08. The second-order valence-corrected chi connectivity index (χ2v) is 5.88. The van der Waals surface area contributed by atoms with Crippen molar-refractivity contribution in [3.8, 4) is 0 Å². The lowest BCUT2D eigenvalue weighted by molar-refractivity contribution is 0.608. The molecule has 0 radical (unpaired) electrons. The van der Waals surface area contributed by atoms with Gasteiger partial charge in [0.2, 0.25) is 9.05 Å². The van der Waals surface area contributed by atoms with E-state index in [0.29, 0.717) is 5.69 Å². The molecule has 1 heterocycles. The largest absolute Gasteiger partial charge is 0.245 e. The first-order valence-electron chi connectivity index (χ1n) is 2.81. The Kier molecular flexibility index (Phi) is 2.51. The highest BCUT2D eigenvalue weighted by atomic mass is 35.7. The van der Waals surface area contributed by atoms with Crippen molar-refractivity contribution in [2.45, 2.75) is 12.7 Å². The summed E-state index contributed by atoms with van der Waals surface area (Å²) in [5.74, 6) is -0.182. The number of hydrogen-bond donors (Lipinski definition) is 0. The Balaban J connectivity index is 2.81. The van der Waals surface area contributed by atoms with E-state index in [4.69, 9.17) is 10.7 Å². The summed E-state index contributed by atoms with van der Waals surface area (Å²) in [6, 6.07) is 0. The Morgan fingerprint density at radius 2 is 2.36 bits per heavy atom. The zero-order valence-corrected chi connectivity index (χ0v) is 8.13. The first kappa shape index (κ1) is 8.96. The smallest absolute Gasteiger partial charge is 0.238 e. The van der Waals surface area contributed by atoms with E-state index >= 15 is 0 Å². The minimum absolute atomic E-state index is 0.182. The summed E-state index contributed by atoms with van der Waals surface area (Å²) < 4.78 is 21.1. The van der Waals surface area contributed by atoms with Gasteiger partial charge in [-0.1, -0.05) is 0 Å². The van der Waals surface area contributed by atoms with Crippen LogP contribution in [0.1, 0.15) is 10.7 Å². The third kappa shape index (κ3) is 3.18. The fraction of sp³-hybridized carbons (Fsp3) is 0.400. The van der Waals surface area contributed by atoms with Crippen LogP contribution in [0.2, 0.25) is 0 Å². The van der Waals surface area contributed by atoms with Crippen molar-refractivity contribution >= 4 is 31.1 Å². The number of hydrogen-bond acceptors (Lipinski definition) is 4. The molecule has 62 valence electrons. The molecule has 0 aliphatic rings. The standard InChI is InChI=1S/C5H6ClNO2S2/c1-4-7-5(2-10-4)3-11(6,8)9/h2H,3H2,1H3. The molecule has 0 aliphatic carbocycles. The highest BCUT2D eigenvalue weighted by molar-refractivity contribution is 8.13. The Bertz CT molecular complexity index is 343. The molecule has 1 aromatic rings. The summed E-state index contributed by atoms with van der Waals surface area (Å²) in [4.78, 5) is 3.95. The van der Waals surface area contributed by atoms with Crippen molar-refractivity contribution in [3.05, 3.63) is 16.1 Å². The van der Waals surface area contributed by atoms with Gasteiger partial charge in [0.05, 0.1) is 10.7 Å². The highest BCUT2D eigenvalue weighted by Gasteiger charge is 2.08. The highest BCUT2D eigenvalue weighted by Crippen LogP contribution is 2.12. The third-order valence-electron chi connectivity index (χ3n) is 0.987. The number of aryl methyl sites for hydroxylation is 1. The Morgan fingerprint density at radius 1 is 1.73 bits per heavy atom. The Hall–Kier alpha value is -0.130. The van der Waals surface area contributed by atoms with Gasteiger partial charge in [0.15, 0.2) is 0 Å². The molecule has 0 saturated carbocycles. The molecule has 0 atom stereocenters. The molecule has 1 rings (SSSR count). The lowest BCUT2D eigenvalue weighted by atomic mass is 10.6. The maximum absolute atomic E-state index is 10.5. The van der Waals surface area contributed by atoms with Crippen LogP contribution >= 0.6 is 22.0 Å². The number of aromatic nitrogens is 1. The molecule has 0 aliphatic heterocycles. The van der Waals surface area contributed by atoms with Crippen LogP contribution < -0.4 is 0 Å². The van der Waals surface area contributed by atoms with Gasteiger partial charge in [-0.3, -0.25) is 0 Å². The number of rotatable bonds is 2. The molecule has 0 fully saturated rings. The predicted octanol–water partition coefficient (Wildman–Crippen LogP) is 1.52. The average Bonchev–Trinajstić information content (AvgIpc) is 2.10. The molecular formula is C5H6ClNO2S2. The van der Waals surface area contributed by atoms with E-state index in [1.54, 1.807) is 5.38 Å². The van der Waals surface area contributed by atoms with Gasteiger partial charge in [-0.25, -0.2) is 13.4 Å². The SMILES string of the molecule is Cc1nc(CS(=O)(=O)Cl)cs1. The van der Waals surface area contributed by atoms with Gasteiger partial charge in [0, 0.05) is 16.1 Å². The van der Waals surface area contributed by atoms with E-state index in [0.717, 1.165) is 5.01 Å². The van der Waals surface area contributed by atoms with Crippen molar-refractivity contribution in [3.63, 3.8) is 0 Å². The quantitative estimate of drug-likeness (QED) is 0.697.